The molecule has 2 saturated heterocycles. The number of thioether (sulfide) groups is 1. The second kappa shape index (κ2) is 10.2. The van der Waals surface area contributed by atoms with Crippen LogP contribution in [0.25, 0.3) is 0 Å². The third kappa shape index (κ3) is 7.32. The summed E-state index contributed by atoms with van der Waals surface area (Å²) in [7, 11) is 0. The molecule has 0 spiro atoms. The second-order valence-electron chi connectivity index (χ2n) is 9.67. The van der Waals surface area contributed by atoms with Crippen LogP contribution in [0.4, 0.5) is 0 Å². The molecule has 0 aromatic carbocycles. The SMILES string of the molecule is CC(C)(CCCCSCCCCC(C)(C)C1COC(=O)C1)C1COC(=O)C1. The van der Waals surface area contributed by atoms with Crippen LogP contribution in [-0.2, 0) is 19.1 Å². The largest absolute Gasteiger partial charge is 0.465 e. The van der Waals surface area contributed by atoms with Crippen molar-refractivity contribution < 1.29 is 19.1 Å². The molecule has 5 heteroatoms. The van der Waals surface area contributed by atoms with Gasteiger partial charge in [-0.3, -0.25) is 9.59 Å². The topological polar surface area (TPSA) is 52.6 Å². The molecule has 0 aromatic rings. The van der Waals surface area contributed by atoms with E-state index in [1.54, 1.807) is 0 Å². The number of hydrogen-bond donors (Lipinski definition) is 0. The van der Waals surface area contributed by atoms with Crippen LogP contribution in [0, 0.1) is 22.7 Å². The third-order valence-electron chi connectivity index (χ3n) is 6.65. The second-order valence-corrected chi connectivity index (χ2v) is 10.9. The highest BCUT2D eigenvalue weighted by Gasteiger charge is 2.37. The summed E-state index contributed by atoms with van der Waals surface area (Å²) in [6.45, 7) is 10.3. The fourth-order valence-corrected chi connectivity index (χ4v) is 5.13. The molecule has 0 saturated carbocycles. The van der Waals surface area contributed by atoms with Gasteiger partial charge in [0.1, 0.15) is 0 Å². The van der Waals surface area contributed by atoms with Gasteiger partial charge >= 0.3 is 11.9 Å². The lowest BCUT2D eigenvalue weighted by Gasteiger charge is -2.30. The molecule has 2 heterocycles. The maximum atomic E-state index is 11.3. The average molecular weight is 399 g/mol. The van der Waals surface area contributed by atoms with Crippen molar-refractivity contribution in [3.8, 4) is 0 Å². The van der Waals surface area contributed by atoms with E-state index in [0.29, 0.717) is 37.9 Å². The lowest BCUT2D eigenvalue weighted by Crippen LogP contribution is -2.24. The lowest BCUT2D eigenvalue weighted by atomic mass is 9.75. The van der Waals surface area contributed by atoms with E-state index in [9.17, 15) is 9.59 Å². The van der Waals surface area contributed by atoms with Crippen molar-refractivity contribution in [2.75, 3.05) is 24.7 Å². The maximum absolute atomic E-state index is 11.3. The number of cyclic esters (lactones) is 2. The van der Waals surface area contributed by atoms with Crippen molar-refractivity contribution in [1.29, 1.82) is 0 Å². The Balaban J connectivity index is 1.46. The van der Waals surface area contributed by atoms with E-state index in [4.69, 9.17) is 9.47 Å². The standard InChI is InChI=1S/C22H38O4S/c1-21(2,17-13-19(23)25-15-17)9-5-7-11-27-12-8-6-10-22(3,4)18-14-20(24)26-16-18/h17-18H,5-16H2,1-4H3. The zero-order valence-electron chi connectivity index (χ0n) is 17.7. The number of rotatable bonds is 12. The normalized spacial score (nSPS) is 23.6. The molecule has 2 atom stereocenters. The minimum Gasteiger partial charge on any atom is -0.465 e. The summed E-state index contributed by atoms with van der Waals surface area (Å²) in [6, 6.07) is 0. The Morgan fingerprint density at radius 1 is 0.778 bits per heavy atom. The predicted molar refractivity (Wildman–Crippen MR) is 111 cm³/mol. The summed E-state index contributed by atoms with van der Waals surface area (Å²) in [5.41, 5.74) is 0.404. The number of ether oxygens (including phenoxy) is 2. The van der Waals surface area contributed by atoms with Gasteiger partial charge in [-0.15, -0.1) is 0 Å². The first kappa shape index (κ1) is 22.6. The van der Waals surface area contributed by atoms with Gasteiger partial charge in [-0.25, -0.2) is 0 Å². The van der Waals surface area contributed by atoms with Gasteiger partial charge in [0.05, 0.1) is 26.1 Å². The smallest absolute Gasteiger partial charge is 0.306 e. The fraction of sp³-hybridized carbons (Fsp3) is 0.909. The molecule has 0 N–H and O–H groups in total. The molecule has 27 heavy (non-hydrogen) atoms. The van der Waals surface area contributed by atoms with Crippen LogP contribution in [0.15, 0.2) is 0 Å². The molecule has 4 nitrogen and oxygen atoms in total. The summed E-state index contributed by atoms with van der Waals surface area (Å²) in [5.74, 6) is 3.18. The quantitative estimate of drug-likeness (QED) is 0.332. The Hall–Kier alpha value is -0.710. The van der Waals surface area contributed by atoms with Gasteiger partial charge in [0.2, 0.25) is 0 Å². The van der Waals surface area contributed by atoms with Gasteiger partial charge < -0.3 is 9.47 Å². The molecular weight excluding hydrogens is 360 g/mol. The van der Waals surface area contributed by atoms with Gasteiger partial charge in [0, 0.05) is 11.8 Å². The first-order valence-electron chi connectivity index (χ1n) is 10.6. The van der Waals surface area contributed by atoms with E-state index in [0.717, 1.165) is 0 Å². The first-order valence-corrected chi connectivity index (χ1v) is 11.8. The van der Waals surface area contributed by atoms with Crippen molar-refractivity contribution >= 4 is 23.7 Å². The molecule has 2 unspecified atom stereocenters. The van der Waals surface area contributed by atoms with E-state index in [2.05, 4.69) is 39.5 Å². The van der Waals surface area contributed by atoms with E-state index in [1.165, 1.54) is 50.0 Å². The number of carbonyl (C=O) groups excluding carboxylic acids is 2. The molecule has 0 bridgehead atoms. The Kier molecular flexibility index (Phi) is 8.51. The van der Waals surface area contributed by atoms with Crippen molar-refractivity contribution in [3.05, 3.63) is 0 Å². The third-order valence-corrected chi connectivity index (χ3v) is 7.80. The summed E-state index contributed by atoms with van der Waals surface area (Å²) >= 11 is 2.06. The monoisotopic (exact) mass is 398 g/mol. The molecule has 156 valence electrons. The van der Waals surface area contributed by atoms with Gasteiger partial charge in [-0.05, 0) is 48.0 Å². The van der Waals surface area contributed by atoms with Crippen molar-refractivity contribution in [1.82, 2.24) is 0 Å². The van der Waals surface area contributed by atoms with Crippen LogP contribution in [-0.4, -0.2) is 36.7 Å². The van der Waals surface area contributed by atoms with E-state index < -0.39 is 0 Å². The highest BCUT2D eigenvalue weighted by atomic mass is 32.2. The Morgan fingerprint density at radius 3 is 1.52 bits per heavy atom. The Morgan fingerprint density at radius 2 is 1.19 bits per heavy atom. The predicted octanol–water partition coefficient (Wildman–Crippen LogP) is 5.24. The molecule has 2 aliphatic rings. The van der Waals surface area contributed by atoms with Crippen molar-refractivity contribution in [2.24, 2.45) is 22.7 Å². The Bertz CT molecular complexity index is 457. The molecule has 2 aliphatic heterocycles. The molecule has 2 rings (SSSR count). The van der Waals surface area contributed by atoms with Crippen LogP contribution in [0.3, 0.4) is 0 Å². The number of carbonyl (C=O) groups is 2. The zero-order chi connectivity index (χ0) is 19.9. The number of unbranched alkanes of at least 4 members (excludes halogenated alkanes) is 2. The highest BCUT2D eigenvalue weighted by Crippen LogP contribution is 2.39. The van der Waals surface area contributed by atoms with Gasteiger partial charge in [0.15, 0.2) is 0 Å². The van der Waals surface area contributed by atoms with E-state index in [-0.39, 0.29) is 22.8 Å². The fourth-order valence-electron chi connectivity index (χ4n) is 4.11. The summed E-state index contributed by atoms with van der Waals surface area (Å²) in [5, 5.41) is 0. The van der Waals surface area contributed by atoms with Gasteiger partial charge in [0.25, 0.3) is 0 Å². The van der Waals surface area contributed by atoms with Crippen molar-refractivity contribution in [2.45, 2.75) is 79.1 Å². The molecule has 0 amide bonds. The van der Waals surface area contributed by atoms with Gasteiger partial charge in [-0.2, -0.15) is 11.8 Å². The summed E-state index contributed by atoms with van der Waals surface area (Å²) in [6.07, 6.45) is 8.50. The van der Waals surface area contributed by atoms with Gasteiger partial charge in [-0.1, -0.05) is 40.5 Å². The molecule has 0 aromatic heterocycles. The lowest BCUT2D eigenvalue weighted by molar-refractivity contribution is -0.138. The average Bonchev–Trinajstić information content (AvgIpc) is 3.22. The molecular formula is C22H38O4S. The number of hydrogen-bond acceptors (Lipinski definition) is 5. The highest BCUT2D eigenvalue weighted by molar-refractivity contribution is 7.99. The Labute approximate surface area is 169 Å². The molecule has 2 fully saturated rings. The van der Waals surface area contributed by atoms with Crippen LogP contribution >= 0.6 is 11.8 Å². The molecule has 0 radical (unpaired) electrons. The molecule has 0 aliphatic carbocycles. The van der Waals surface area contributed by atoms with Crippen LogP contribution in [0.5, 0.6) is 0 Å². The van der Waals surface area contributed by atoms with E-state index >= 15 is 0 Å². The van der Waals surface area contributed by atoms with Crippen LogP contribution < -0.4 is 0 Å². The zero-order valence-corrected chi connectivity index (χ0v) is 18.5. The van der Waals surface area contributed by atoms with Crippen molar-refractivity contribution in [3.63, 3.8) is 0 Å². The maximum Gasteiger partial charge on any atom is 0.306 e. The minimum absolute atomic E-state index is 0.0288. The van der Waals surface area contributed by atoms with Crippen LogP contribution in [0.1, 0.15) is 79.1 Å². The van der Waals surface area contributed by atoms with E-state index in [1.807, 2.05) is 0 Å². The van der Waals surface area contributed by atoms with Crippen LogP contribution in [0.2, 0.25) is 0 Å². The number of esters is 2. The first-order chi connectivity index (χ1) is 12.7. The summed E-state index contributed by atoms with van der Waals surface area (Å²) < 4.78 is 10.3. The minimum atomic E-state index is -0.0288. The summed E-state index contributed by atoms with van der Waals surface area (Å²) in [4.78, 5) is 22.6.